The normalized spacial score (nSPS) is 26.5. The van der Waals surface area contributed by atoms with E-state index in [0.717, 1.165) is 43.4 Å². The summed E-state index contributed by atoms with van der Waals surface area (Å²) in [4.78, 5) is 15.2. The van der Waals surface area contributed by atoms with Gasteiger partial charge in [-0.2, -0.15) is 0 Å². The maximum absolute atomic E-state index is 12.5. The van der Waals surface area contributed by atoms with Crippen LogP contribution in [-0.2, 0) is 0 Å². The second-order valence-corrected chi connectivity index (χ2v) is 9.08. The van der Waals surface area contributed by atoms with Gasteiger partial charge in [-0.1, -0.05) is 6.42 Å². The summed E-state index contributed by atoms with van der Waals surface area (Å²) in [5.41, 5.74) is 1.31. The molecule has 2 saturated heterocycles. The summed E-state index contributed by atoms with van der Waals surface area (Å²) in [5, 5.41) is 6.77. The molecule has 3 aliphatic rings. The maximum atomic E-state index is 12.5. The van der Waals surface area contributed by atoms with Crippen LogP contribution in [0, 0.1) is 25.2 Å². The Labute approximate surface area is 163 Å². The molecule has 150 valence electrons. The van der Waals surface area contributed by atoms with Crippen molar-refractivity contribution in [3.63, 3.8) is 0 Å². The fraction of sp³-hybridized carbons (Fsp3) is 0.773. The minimum Gasteiger partial charge on any atom is -0.466 e. The maximum Gasteiger partial charge on any atom is 0.255 e. The topological polar surface area (TPSA) is 57.5 Å². The van der Waals surface area contributed by atoms with Crippen LogP contribution in [0.25, 0.3) is 0 Å². The molecule has 2 N–H and O–H groups in total. The molecule has 4 rings (SSSR count). The number of hydrogen-bond donors (Lipinski definition) is 2. The van der Waals surface area contributed by atoms with E-state index in [0.29, 0.717) is 17.0 Å². The quantitative estimate of drug-likeness (QED) is 0.851. The summed E-state index contributed by atoms with van der Waals surface area (Å²) >= 11 is 0. The minimum absolute atomic E-state index is 0.0206. The van der Waals surface area contributed by atoms with Crippen molar-refractivity contribution in [2.45, 2.75) is 64.8 Å². The molecule has 2 aliphatic heterocycles. The summed E-state index contributed by atoms with van der Waals surface area (Å²) in [7, 11) is 0. The Morgan fingerprint density at radius 1 is 1.22 bits per heavy atom. The molecule has 1 unspecified atom stereocenters. The van der Waals surface area contributed by atoms with Gasteiger partial charge in [-0.3, -0.25) is 4.79 Å². The zero-order valence-electron chi connectivity index (χ0n) is 17.0. The van der Waals surface area contributed by atoms with Gasteiger partial charge in [0.05, 0.1) is 5.56 Å². The monoisotopic (exact) mass is 373 g/mol. The largest absolute Gasteiger partial charge is 0.466 e. The first kappa shape index (κ1) is 19.0. The predicted octanol–water partition coefficient (Wildman–Crippen LogP) is 3.26. The highest BCUT2D eigenvalue weighted by Gasteiger charge is 2.43. The summed E-state index contributed by atoms with van der Waals surface area (Å²) in [6.45, 7) is 9.65. The number of piperidine rings is 2. The van der Waals surface area contributed by atoms with E-state index in [-0.39, 0.29) is 5.91 Å². The molecular weight excluding hydrogens is 338 g/mol. The van der Waals surface area contributed by atoms with Gasteiger partial charge in [-0.15, -0.1) is 0 Å². The van der Waals surface area contributed by atoms with Crippen LogP contribution in [0.1, 0.15) is 66.8 Å². The summed E-state index contributed by atoms with van der Waals surface area (Å²) < 4.78 is 5.50. The van der Waals surface area contributed by atoms with Crippen LogP contribution >= 0.6 is 0 Å². The SMILES string of the molecule is Cc1cc(C(=O)NC2CCN(CC3CCCC34CCNCC4)CC2)c(C)o1. The standard InChI is InChI=1S/C22H35N3O2/c1-16-14-20(17(2)27-16)21(26)24-19-5-12-25(13-6-19)15-18-4-3-7-22(18)8-10-23-11-9-22/h14,18-19,23H,3-13,15H2,1-2H3,(H,24,26). The highest BCUT2D eigenvalue weighted by molar-refractivity contribution is 5.95. The molecule has 1 aliphatic carbocycles. The lowest BCUT2D eigenvalue weighted by Gasteiger charge is -2.42. The lowest BCUT2D eigenvalue weighted by Crippen LogP contribution is -2.48. The van der Waals surface area contributed by atoms with E-state index in [1.54, 1.807) is 0 Å². The summed E-state index contributed by atoms with van der Waals surface area (Å²) in [5.74, 6) is 2.42. The van der Waals surface area contributed by atoms with Crippen LogP contribution in [0.5, 0.6) is 0 Å². The van der Waals surface area contributed by atoms with Gasteiger partial charge in [0.25, 0.3) is 5.91 Å². The van der Waals surface area contributed by atoms with Crippen LogP contribution in [0.2, 0.25) is 0 Å². The number of rotatable bonds is 4. The summed E-state index contributed by atoms with van der Waals surface area (Å²) in [6, 6.07) is 2.14. The number of likely N-dealkylation sites (tertiary alicyclic amines) is 1. The fourth-order valence-electron chi connectivity index (χ4n) is 5.77. The number of nitrogens with one attached hydrogen (secondary N) is 2. The molecule has 1 atom stereocenters. The number of nitrogens with zero attached hydrogens (tertiary/aromatic N) is 1. The van der Waals surface area contributed by atoms with Crippen molar-refractivity contribution in [2.75, 3.05) is 32.7 Å². The molecule has 1 spiro atoms. The minimum atomic E-state index is 0.0206. The van der Waals surface area contributed by atoms with Crippen LogP contribution in [0.3, 0.4) is 0 Å². The van der Waals surface area contributed by atoms with Gasteiger partial charge in [-0.05, 0) is 82.9 Å². The van der Waals surface area contributed by atoms with Crippen molar-refractivity contribution in [2.24, 2.45) is 11.3 Å². The zero-order chi connectivity index (χ0) is 18.9. The van der Waals surface area contributed by atoms with Crippen molar-refractivity contribution >= 4 is 5.91 Å². The van der Waals surface area contributed by atoms with Gasteiger partial charge in [-0.25, -0.2) is 0 Å². The molecule has 1 saturated carbocycles. The Bertz CT molecular complexity index is 655. The zero-order valence-corrected chi connectivity index (χ0v) is 17.0. The number of hydrogen-bond acceptors (Lipinski definition) is 4. The highest BCUT2D eigenvalue weighted by Crippen LogP contribution is 2.49. The smallest absolute Gasteiger partial charge is 0.255 e. The number of amides is 1. The molecule has 0 aromatic carbocycles. The third kappa shape index (κ3) is 4.09. The van der Waals surface area contributed by atoms with E-state index in [1.165, 1.54) is 51.7 Å². The van der Waals surface area contributed by atoms with Gasteiger partial charge >= 0.3 is 0 Å². The number of carbonyl (C=O) groups excluding carboxylic acids is 1. The van der Waals surface area contributed by atoms with E-state index < -0.39 is 0 Å². The molecule has 1 aromatic rings. The second-order valence-electron chi connectivity index (χ2n) is 9.08. The Morgan fingerprint density at radius 2 is 1.96 bits per heavy atom. The van der Waals surface area contributed by atoms with Crippen molar-refractivity contribution < 1.29 is 9.21 Å². The summed E-state index contributed by atoms with van der Waals surface area (Å²) in [6.07, 6.45) is 9.12. The third-order valence-electron chi connectivity index (χ3n) is 7.38. The lowest BCUT2D eigenvalue weighted by molar-refractivity contribution is 0.0787. The Hall–Kier alpha value is -1.33. The van der Waals surface area contributed by atoms with Gasteiger partial charge in [0.1, 0.15) is 11.5 Å². The lowest BCUT2D eigenvalue weighted by atomic mass is 9.70. The van der Waals surface area contributed by atoms with Gasteiger partial charge in [0, 0.05) is 25.7 Å². The van der Waals surface area contributed by atoms with Crippen LogP contribution < -0.4 is 10.6 Å². The fourth-order valence-corrected chi connectivity index (χ4v) is 5.77. The molecule has 5 heteroatoms. The van der Waals surface area contributed by atoms with Crippen LogP contribution in [0.4, 0.5) is 0 Å². The molecule has 3 heterocycles. The van der Waals surface area contributed by atoms with Crippen molar-refractivity contribution in [1.29, 1.82) is 0 Å². The third-order valence-corrected chi connectivity index (χ3v) is 7.38. The Balaban J connectivity index is 1.26. The van der Waals surface area contributed by atoms with Crippen LogP contribution in [-0.4, -0.2) is 49.6 Å². The molecule has 0 bridgehead atoms. The molecule has 1 amide bonds. The first-order valence-electron chi connectivity index (χ1n) is 10.9. The molecule has 27 heavy (non-hydrogen) atoms. The van der Waals surface area contributed by atoms with Gasteiger partial charge in [0.2, 0.25) is 0 Å². The first-order valence-corrected chi connectivity index (χ1v) is 10.9. The molecule has 0 radical (unpaired) electrons. The Kier molecular flexibility index (Phi) is 5.60. The molecule has 5 nitrogen and oxygen atoms in total. The molecule has 1 aromatic heterocycles. The number of furan rings is 1. The van der Waals surface area contributed by atoms with Gasteiger partial charge in [0.15, 0.2) is 0 Å². The first-order chi connectivity index (χ1) is 13.1. The van der Waals surface area contributed by atoms with Crippen LogP contribution in [0.15, 0.2) is 10.5 Å². The van der Waals surface area contributed by atoms with E-state index in [1.807, 2.05) is 19.9 Å². The van der Waals surface area contributed by atoms with E-state index in [4.69, 9.17) is 4.42 Å². The number of carbonyl (C=O) groups is 1. The highest BCUT2D eigenvalue weighted by atomic mass is 16.3. The van der Waals surface area contributed by atoms with E-state index in [2.05, 4.69) is 15.5 Å². The average Bonchev–Trinajstić information content (AvgIpc) is 3.20. The average molecular weight is 374 g/mol. The van der Waals surface area contributed by atoms with E-state index >= 15 is 0 Å². The second kappa shape index (κ2) is 7.96. The molecule has 3 fully saturated rings. The van der Waals surface area contributed by atoms with Crippen molar-refractivity contribution in [1.82, 2.24) is 15.5 Å². The van der Waals surface area contributed by atoms with E-state index in [9.17, 15) is 4.79 Å². The van der Waals surface area contributed by atoms with Crippen molar-refractivity contribution in [3.8, 4) is 0 Å². The number of aryl methyl sites for hydroxylation is 2. The van der Waals surface area contributed by atoms with Gasteiger partial charge < -0.3 is 20.0 Å². The molecular formula is C22H35N3O2. The predicted molar refractivity (Wildman–Crippen MR) is 107 cm³/mol. The van der Waals surface area contributed by atoms with Crippen molar-refractivity contribution in [3.05, 3.63) is 23.2 Å². The Morgan fingerprint density at radius 3 is 2.63 bits per heavy atom.